The second-order valence-electron chi connectivity index (χ2n) is 8.15. The third-order valence-electron chi connectivity index (χ3n) is 6.23. The van der Waals surface area contributed by atoms with Crippen molar-refractivity contribution in [2.75, 3.05) is 50.7 Å². The molecule has 0 spiro atoms. The van der Waals surface area contributed by atoms with E-state index in [1.54, 1.807) is 17.7 Å². The molecule has 5 rings (SSSR count). The maximum Gasteiger partial charge on any atom is 0.236 e. The van der Waals surface area contributed by atoms with E-state index in [1.807, 2.05) is 11.0 Å². The molecule has 0 saturated carbocycles. The summed E-state index contributed by atoms with van der Waals surface area (Å²) in [5.41, 5.74) is 2.48. The predicted molar refractivity (Wildman–Crippen MR) is 122 cm³/mol. The van der Waals surface area contributed by atoms with Crippen LogP contribution in [0.1, 0.15) is 18.4 Å². The van der Waals surface area contributed by atoms with Crippen LogP contribution in [0.4, 0.5) is 5.82 Å². The lowest BCUT2D eigenvalue weighted by atomic mass is 10.1. The first-order valence-electron chi connectivity index (χ1n) is 10.8. The summed E-state index contributed by atoms with van der Waals surface area (Å²) in [6.07, 6.45) is 3.98. The number of anilines is 1. The summed E-state index contributed by atoms with van der Waals surface area (Å²) in [6.45, 7) is 8.13. The Balaban J connectivity index is 1.33. The maximum atomic E-state index is 12.5. The molecule has 7 heteroatoms. The minimum Gasteiger partial charge on any atom is -0.353 e. The largest absolute Gasteiger partial charge is 0.353 e. The summed E-state index contributed by atoms with van der Waals surface area (Å²) >= 11 is 1.74. The zero-order valence-corrected chi connectivity index (χ0v) is 18.2. The number of carbonyl (C=O) groups is 1. The number of hydrogen-bond acceptors (Lipinski definition) is 6. The van der Waals surface area contributed by atoms with Crippen molar-refractivity contribution in [2.45, 2.75) is 19.8 Å². The molecule has 3 aromatic rings. The highest BCUT2D eigenvalue weighted by Gasteiger charge is 2.26. The summed E-state index contributed by atoms with van der Waals surface area (Å²) < 4.78 is 0. The van der Waals surface area contributed by atoms with Gasteiger partial charge in [0, 0.05) is 44.1 Å². The van der Waals surface area contributed by atoms with Gasteiger partial charge in [-0.2, -0.15) is 0 Å². The van der Waals surface area contributed by atoms with Crippen LogP contribution in [0.5, 0.6) is 0 Å². The Labute approximate surface area is 181 Å². The van der Waals surface area contributed by atoms with Crippen molar-refractivity contribution in [1.29, 1.82) is 0 Å². The molecule has 6 nitrogen and oxygen atoms in total. The number of amides is 1. The molecule has 0 radical (unpaired) electrons. The van der Waals surface area contributed by atoms with Gasteiger partial charge in [-0.1, -0.05) is 30.3 Å². The number of nitrogens with zero attached hydrogens (tertiary/aromatic N) is 5. The van der Waals surface area contributed by atoms with E-state index in [0.29, 0.717) is 6.54 Å². The highest BCUT2D eigenvalue weighted by molar-refractivity contribution is 7.22. The van der Waals surface area contributed by atoms with Crippen LogP contribution in [0.2, 0.25) is 0 Å². The summed E-state index contributed by atoms with van der Waals surface area (Å²) in [7, 11) is 0. The first-order valence-corrected chi connectivity index (χ1v) is 11.6. The highest BCUT2D eigenvalue weighted by Crippen LogP contribution is 2.40. The third kappa shape index (κ3) is 3.68. The van der Waals surface area contributed by atoms with Crippen molar-refractivity contribution < 1.29 is 4.79 Å². The molecular weight excluding hydrogens is 394 g/mol. The first-order chi connectivity index (χ1) is 14.7. The van der Waals surface area contributed by atoms with Gasteiger partial charge in [0.25, 0.3) is 0 Å². The Morgan fingerprint density at radius 2 is 1.73 bits per heavy atom. The fraction of sp³-hybridized carbons (Fsp3) is 0.435. The average Bonchev–Trinajstić information content (AvgIpc) is 3.44. The molecular formula is C23H27N5OS. The van der Waals surface area contributed by atoms with E-state index >= 15 is 0 Å². The number of fused-ring (bicyclic) bond motifs is 1. The fourth-order valence-corrected chi connectivity index (χ4v) is 5.68. The molecule has 2 fully saturated rings. The third-order valence-corrected chi connectivity index (χ3v) is 7.48. The van der Waals surface area contributed by atoms with Gasteiger partial charge in [0.2, 0.25) is 5.91 Å². The van der Waals surface area contributed by atoms with Crippen LogP contribution in [-0.4, -0.2) is 71.5 Å². The van der Waals surface area contributed by atoms with Crippen LogP contribution in [0.25, 0.3) is 20.7 Å². The Morgan fingerprint density at radius 1 is 1.00 bits per heavy atom. The molecule has 2 saturated heterocycles. The molecule has 2 aliphatic rings. The lowest BCUT2D eigenvalue weighted by Gasteiger charge is -2.35. The molecule has 2 aromatic heterocycles. The van der Waals surface area contributed by atoms with E-state index in [0.717, 1.165) is 62.8 Å². The first kappa shape index (κ1) is 19.5. The average molecular weight is 422 g/mol. The van der Waals surface area contributed by atoms with Crippen LogP contribution in [0.15, 0.2) is 36.7 Å². The number of piperazine rings is 1. The van der Waals surface area contributed by atoms with Gasteiger partial charge in [-0.25, -0.2) is 9.97 Å². The number of aromatic nitrogens is 2. The Hall–Kier alpha value is -2.51. The monoisotopic (exact) mass is 421 g/mol. The Kier molecular flexibility index (Phi) is 5.39. The van der Waals surface area contributed by atoms with Crippen molar-refractivity contribution in [3.8, 4) is 10.4 Å². The Bertz CT molecular complexity index is 1040. The molecule has 0 bridgehead atoms. The van der Waals surface area contributed by atoms with Crippen LogP contribution in [-0.2, 0) is 4.79 Å². The quantitative estimate of drug-likeness (QED) is 0.646. The normalized spacial score (nSPS) is 17.8. The smallest absolute Gasteiger partial charge is 0.236 e. The van der Waals surface area contributed by atoms with Crippen molar-refractivity contribution in [3.05, 3.63) is 42.2 Å². The number of likely N-dealkylation sites (tertiary alicyclic amines) is 1. The summed E-state index contributed by atoms with van der Waals surface area (Å²) in [4.78, 5) is 30.7. The van der Waals surface area contributed by atoms with Crippen LogP contribution < -0.4 is 4.90 Å². The van der Waals surface area contributed by atoms with Gasteiger partial charge < -0.3 is 9.80 Å². The summed E-state index contributed by atoms with van der Waals surface area (Å²) in [5, 5.41) is 1.17. The van der Waals surface area contributed by atoms with E-state index in [2.05, 4.69) is 51.0 Å². The Morgan fingerprint density at radius 3 is 2.47 bits per heavy atom. The second-order valence-corrected chi connectivity index (χ2v) is 9.15. The van der Waals surface area contributed by atoms with Crippen molar-refractivity contribution >= 4 is 33.3 Å². The van der Waals surface area contributed by atoms with Gasteiger partial charge in [-0.15, -0.1) is 11.3 Å². The van der Waals surface area contributed by atoms with E-state index in [1.165, 1.54) is 21.4 Å². The zero-order chi connectivity index (χ0) is 20.5. The molecule has 0 unspecified atom stereocenters. The fourth-order valence-electron chi connectivity index (χ4n) is 4.53. The van der Waals surface area contributed by atoms with Gasteiger partial charge in [-0.3, -0.25) is 9.69 Å². The van der Waals surface area contributed by atoms with Gasteiger partial charge in [0.15, 0.2) is 0 Å². The minimum absolute atomic E-state index is 0.284. The van der Waals surface area contributed by atoms with Gasteiger partial charge in [0.1, 0.15) is 17.0 Å². The number of hydrogen-bond donors (Lipinski definition) is 0. The lowest BCUT2D eigenvalue weighted by Crippen LogP contribution is -2.50. The number of rotatable bonds is 4. The SMILES string of the molecule is Cc1c(-c2ccccc2)sc2ncnc(N3CCN(CC(=O)N4CCCC4)CC3)c12. The van der Waals surface area contributed by atoms with Crippen molar-refractivity contribution in [2.24, 2.45) is 0 Å². The van der Waals surface area contributed by atoms with Crippen molar-refractivity contribution in [3.63, 3.8) is 0 Å². The number of carbonyl (C=O) groups excluding carboxylic acids is 1. The molecule has 0 atom stereocenters. The molecule has 1 aromatic carbocycles. The number of benzene rings is 1. The highest BCUT2D eigenvalue weighted by atomic mass is 32.1. The van der Waals surface area contributed by atoms with Crippen LogP contribution in [0, 0.1) is 6.92 Å². The van der Waals surface area contributed by atoms with Gasteiger partial charge in [-0.05, 0) is 30.9 Å². The molecule has 0 aliphatic carbocycles. The summed E-state index contributed by atoms with van der Waals surface area (Å²) in [6, 6.07) is 10.5. The lowest BCUT2D eigenvalue weighted by molar-refractivity contribution is -0.131. The minimum atomic E-state index is 0.284. The van der Waals surface area contributed by atoms with E-state index in [-0.39, 0.29) is 5.91 Å². The second kappa shape index (κ2) is 8.32. The van der Waals surface area contributed by atoms with E-state index in [9.17, 15) is 4.79 Å². The predicted octanol–water partition coefficient (Wildman–Crippen LogP) is 3.41. The standard InChI is InChI=1S/C23H27N5OS/c1-17-20-22(24-16-25-23(20)30-21(17)18-7-3-2-4-8-18)28-13-11-26(12-14-28)15-19(29)27-9-5-6-10-27/h2-4,7-8,16H,5-6,9-15H2,1H3. The molecule has 1 amide bonds. The molecule has 2 aliphatic heterocycles. The topological polar surface area (TPSA) is 52.6 Å². The number of aryl methyl sites for hydroxylation is 1. The zero-order valence-electron chi connectivity index (χ0n) is 17.4. The maximum absolute atomic E-state index is 12.5. The molecule has 4 heterocycles. The van der Waals surface area contributed by atoms with E-state index < -0.39 is 0 Å². The molecule has 156 valence electrons. The van der Waals surface area contributed by atoms with E-state index in [4.69, 9.17) is 0 Å². The number of thiophene rings is 1. The van der Waals surface area contributed by atoms with Gasteiger partial charge in [0.05, 0.1) is 11.9 Å². The molecule has 30 heavy (non-hydrogen) atoms. The van der Waals surface area contributed by atoms with Crippen molar-refractivity contribution in [1.82, 2.24) is 19.8 Å². The van der Waals surface area contributed by atoms with Gasteiger partial charge >= 0.3 is 0 Å². The van der Waals surface area contributed by atoms with Crippen LogP contribution >= 0.6 is 11.3 Å². The molecule has 0 N–H and O–H groups in total. The summed E-state index contributed by atoms with van der Waals surface area (Å²) in [5.74, 6) is 1.31. The van der Waals surface area contributed by atoms with Crippen LogP contribution in [0.3, 0.4) is 0 Å².